The molecule has 2 aromatic carbocycles. The van der Waals surface area contributed by atoms with E-state index in [2.05, 4.69) is 10.2 Å². The van der Waals surface area contributed by atoms with Crippen LogP contribution in [0.1, 0.15) is 44.1 Å². The third-order valence-corrected chi connectivity index (χ3v) is 6.90. The van der Waals surface area contributed by atoms with Gasteiger partial charge in [-0.1, -0.05) is 25.0 Å². The van der Waals surface area contributed by atoms with Crippen LogP contribution in [0.4, 0.5) is 11.4 Å². The highest BCUT2D eigenvalue weighted by Gasteiger charge is 2.43. The third-order valence-electron chi connectivity index (χ3n) is 6.90. The SMILES string of the molecule is COc1cccc(C2(C(=O)Nc3ccc(N4CCC(C(N)=O)CC4)cc3)CCCC2)c1. The molecule has 1 aliphatic carbocycles. The average Bonchev–Trinajstić information content (AvgIpc) is 3.31. The molecule has 0 bridgehead atoms. The second-order valence-corrected chi connectivity index (χ2v) is 8.69. The molecule has 6 nitrogen and oxygen atoms in total. The number of carbonyl (C=O) groups is 2. The number of hydrogen-bond acceptors (Lipinski definition) is 4. The number of carbonyl (C=O) groups excluding carboxylic acids is 2. The van der Waals surface area contributed by atoms with E-state index in [0.29, 0.717) is 0 Å². The van der Waals surface area contributed by atoms with Crippen LogP contribution in [0.15, 0.2) is 48.5 Å². The number of benzene rings is 2. The first-order valence-electron chi connectivity index (χ1n) is 11.1. The molecular formula is C25H31N3O3. The van der Waals surface area contributed by atoms with Crippen LogP contribution < -0.4 is 20.7 Å². The van der Waals surface area contributed by atoms with Gasteiger partial charge in [0, 0.05) is 30.4 Å². The molecular weight excluding hydrogens is 390 g/mol. The Bertz CT molecular complexity index is 927. The van der Waals surface area contributed by atoms with E-state index >= 15 is 0 Å². The van der Waals surface area contributed by atoms with Crippen LogP contribution in [0.5, 0.6) is 5.75 Å². The molecule has 0 atom stereocenters. The summed E-state index contributed by atoms with van der Waals surface area (Å²) >= 11 is 0. The molecule has 0 aromatic heterocycles. The second kappa shape index (κ2) is 9.00. The van der Waals surface area contributed by atoms with Crippen molar-refractivity contribution < 1.29 is 14.3 Å². The van der Waals surface area contributed by atoms with Gasteiger partial charge in [-0.2, -0.15) is 0 Å². The Balaban J connectivity index is 1.46. The molecule has 1 saturated heterocycles. The van der Waals surface area contributed by atoms with Gasteiger partial charge in [-0.15, -0.1) is 0 Å². The maximum atomic E-state index is 13.4. The van der Waals surface area contributed by atoms with Crippen LogP contribution in [-0.4, -0.2) is 32.0 Å². The van der Waals surface area contributed by atoms with Gasteiger partial charge in [0.05, 0.1) is 12.5 Å². The third kappa shape index (κ3) is 4.38. The van der Waals surface area contributed by atoms with Crippen molar-refractivity contribution in [3.05, 3.63) is 54.1 Å². The number of methoxy groups -OCH3 is 1. The number of nitrogens with zero attached hydrogens (tertiary/aromatic N) is 1. The zero-order valence-corrected chi connectivity index (χ0v) is 18.1. The summed E-state index contributed by atoms with van der Waals surface area (Å²) in [5, 5.41) is 3.15. The number of piperidine rings is 1. The molecule has 2 fully saturated rings. The maximum Gasteiger partial charge on any atom is 0.235 e. The summed E-state index contributed by atoms with van der Waals surface area (Å²) in [4.78, 5) is 27.1. The Morgan fingerprint density at radius 2 is 1.74 bits per heavy atom. The Kier molecular flexibility index (Phi) is 6.16. The number of nitrogens with two attached hydrogens (primary N) is 1. The van der Waals surface area contributed by atoms with Crippen LogP contribution in [0, 0.1) is 5.92 Å². The fraction of sp³-hybridized carbons (Fsp3) is 0.440. The molecule has 0 radical (unpaired) electrons. The van der Waals surface area contributed by atoms with E-state index in [1.165, 1.54) is 0 Å². The molecule has 0 spiro atoms. The van der Waals surface area contributed by atoms with Crippen molar-refractivity contribution in [2.45, 2.75) is 43.9 Å². The minimum absolute atomic E-state index is 0.0194. The standard InChI is InChI=1S/C25H31N3O3/c1-31-22-6-4-5-19(17-22)25(13-2-3-14-25)24(30)27-20-7-9-21(10-8-20)28-15-11-18(12-16-28)23(26)29/h4-10,17-18H,2-3,11-16H2,1H3,(H2,26,29)(H,27,30). The largest absolute Gasteiger partial charge is 0.497 e. The van der Waals surface area contributed by atoms with Crippen molar-refractivity contribution in [3.63, 3.8) is 0 Å². The van der Waals surface area contributed by atoms with Crippen molar-refractivity contribution in [1.82, 2.24) is 0 Å². The average molecular weight is 422 g/mol. The second-order valence-electron chi connectivity index (χ2n) is 8.69. The molecule has 31 heavy (non-hydrogen) atoms. The monoisotopic (exact) mass is 421 g/mol. The van der Waals surface area contributed by atoms with Crippen LogP contribution in [0.2, 0.25) is 0 Å². The van der Waals surface area contributed by atoms with E-state index < -0.39 is 5.41 Å². The summed E-state index contributed by atoms with van der Waals surface area (Å²) < 4.78 is 5.39. The van der Waals surface area contributed by atoms with Crippen LogP contribution in [0.3, 0.4) is 0 Å². The van der Waals surface area contributed by atoms with Gasteiger partial charge in [-0.3, -0.25) is 9.59 Å². The normalized spacial score (nSPS) is 18.5. The zero-order chi connectivity index (χ0) is 21.8. The summed E-state index contributed by atoms with van der Waals surface area (Å²) in [6.07, 6.45) is 5.36. The lowest BCUT2D eigenvalue weighted by Crippen LogP contribution is -2.38. The lowest BCUT2D eigenvalue weighted by molar-refractivity contribution is -0.122. The summed E-state index contributed by atoms with van der Waals surface area (Å²) in [5.41, 5.74) is 7.85. The van der Waals surface area contributed by atoms with Gasteiger partial charge in [0.1, 0.15) is 5.75 Å². The van der Waals surface area contributed by atoms with E-state index in [4.69, 9.17) is 10.5 Å². The van der Waals surface area contributed by atoms with Gasteiger partial charge in [0.25, 0.3) is 0 Å². The molecule has 164 valence electrons. The van der Waals surface area contributed by atoms with E-state index in [1.54, 1.807) is 7.11 Å². The highest BCUT2D eigenvalue weighted by Crippen LogP contribution is 2.43. The van der Waals surface area contributed by atoms with Gasteiger partial charge in [0.15, 0.2) is 0 Å². The molecule has 1 saturated carbocycles. The molecule has 2 aliphatic rings. The highest BCUT2D eigenvalue weighted by molar-refractivity contribution is 5.99. The highest BCUT2D eigenvalue weighted by atomic mass is 16.5. The molecule has 6 heteroatoms. The number of ether oxygens (including phenoxy) is 1. The quantitative estimate of drug-likeness (QED) is 0.742. The van der Waals surface area contributed by atoms with Crippen molar-refractivity contribution in [3.8, 4) is 5.75 Å². The van der Waals surface area contributed by atoms with Crippen molar-refractivity contribution >= 4 is 23.2 Å². The van der Waals surface area contributed by atoms with Gasteiger partial charge in [-0.05, 0) is 67.6 Å². The van der Waals surface area contributed by atoms with Crippen molar-refractivity contribution in [2.75, 3.05) is 30.4 Å². The predicted octanol–water partition coefficient (Wildman–Crippen LogP) is 3.85. The molecule has 1 heterocycles. The van der Waals surface area contributed by atoms with Crippen LogP contribution in [-0.2, 0) is 15.0 Å². The maximum absolute atomic E-state index is 13.4. The van der Waals surface area contributed by atoms with Crippen molar-refractivity contribution in [1.29, 1.82) is 0 Å². The molecule has 2 amide bonds. The van der Waals surface area contributed by atoms with E-state index in [1.807, 2.05) is 48.5 Å². The first-order valence-corrected chi connectivity index (χ1v) is 11.1. The van der Waals surface area contributed by atoms with Gasteiger partial charge < -0.3 is 20.7 Å². The summed E-state index contributed by atoms with van der Waals surface area (Å²) in [7, 11) is 1.65. The molecule has 2 aromatic rings. The number of hydrogen-bond donors (Lipinski definition) is 2. The molecule has 1 aliphatic heterocycles. The fourth-order valence-corrected chi connectivity index (χ4v) is 4.97. The topological polar surface area (TPSA) is 84.7 Å². The number of nitrogens with one attached hydrogen (secondary N) is 1. The lowest BCUT2D eigenvalue weighted by Gasteiger charge is -2.32. The first-order chi connectivity index (χ1) is 15.0. The van der Waals surface area contributed by atoms with Gasteiger partial charge in [0.2, 0.25) is 11.8 Å². The summed E-state index contributed by atoms with van der Waals surface area (Å²) in [6, 6.07) is 15.9. The Morgan fingerprint density at radius 3 is 2.35 bits per heavy atom. The Hall–Kier alpha value is -3.02. The number of rotatable bonds is 6. The lowest BCUT2D eigenvalue weighted by atomic mass is 9.78. The smallest absolute Gasteiger partial charge is 0.235 e. The minimum Gasteiger partial charge on any atom is -0.497 e. The Morgan fingerprint density at radius 1 is 1.06 bits per heavy atom. The minimum atomic E-state index is -0.510. The summed E-state index contributed by atoms with van der Waals surface area (Å²) in [6.45, 7) is 1.64. The van der Waals surface area contributed by atoms with Gasteiger partial charge in [-0.25, -0.2) is 0 Å². The number of amides is 2. The number of primary amides is 1. The first kappa shape index (κ1) is 21.2. The Labute approximate surface area is 183 Å². The van der Waals surface area contributed by atoms with Crippen LogP contribution in [0.25, 0.3) is 0 Å². The predicted molar refractivity (Wildman–Crippen MR) is 122 cm³/mol. The van der Waals surface area contributed by atoms with Gasteiger partial charge >= 0.3 is 0 Å². The van der Waals surface area contributed by atoms with Crippen molar-refractivity contribution in [2.24, 2.45) is 11.7 Å². The molecule has 4 rings (SSSR count). The molecule has 3 N–H and O–H groups in total. The summed E-state index contributed by atoms with van der Waals surface area (Å²) in [5.74, 6) is 0.609. The van der Waals surface area contributed by atoms with Crippen LogP contribution >= 0.6 is 0 Å². The zero-order valence-electron chi connectivity index (χ0n) is 18.1. The number of anilines is 2. The fourth-order valence-electron chi connectivity index (χ4n) is 4.97. The van der Waals surface area contributed by atoms with E-state index in [9.17, 15) is 9.59 Å². The molecule has 0 unspecified atom stereocenters. The van der Waals surface area contributed by atoms with E-state index in [0.717, 1.165) is 74.3 Å². The van der Waals surface area contributed by atoms with E-state index in [-0.39, 0.29) is 17.7 Å².